The third-order valence-corrected chi connectivity index (χ3v) is 5.68. The molecule has 1 N–H and O–H groups in total. The van der Waals surface area contributed by atoms with Crippen molar-refractivity contribution in [1.29, 1.82) is 0 Å². The lowest BCUT2D eigenvalue weighted by Crippen LogP contribution is -2.33. The molecule has 4 rings (SSSR count). The summed E-state index contributed by atoms with van der Waals surface area (Å²) >= 11 is 0. The van der Waals surface area contributed by atoms with Crippen LogP contribution < -0.4 is 5.32 Å². The molecule has 26 heavy (non-hydrogen) atoms. The van der Waals surface area contributed by atoms with Crippen molar-refractivity contribution in [2.24, 2.45) is 11.3 Å². The maximum absolute atomic E-state index is 12.3. The van der Waals surface area contributed by atoms with Crippen LogP contribution in [0, 0.1) is 11.3 Å². The quantitative estimate of drug-likeness (QED) is 0.626. The number of carbonyl (C=O) groups excluding carboxylic acids is 2. The highest BCUT2D eigenvalue weighted by Gasteiger charge is 2.52. The minimum atomic E-state index is -0.658. The van der Waals surface area contributed by atoms with Crippen molar-refractivity contribution < 1.29 is 9.59 Å². The SMILES string of the molecule is O=C1NC(=O)C2(CCCCCc3ccc4ccccc4c3)C=CC=CC12. The molecule has 0 saturated carbocycles. The Morgan fingerprint density at radius 1 is 0.923 bits per heavy atom. The molecule has 2 unspecified atom stereocenters. The van der Waals surface area contributed by atoms with Crippen LogP contribution in [-0.2, 0) is 16.0 Å². The summed E-state index contributed by atoms with van der Waals surface area (Å²) < 4.78 is 0. The van der Waals surface area contributed by atoms with Crippen LogP contribution in [0.25, 0.3) is 10.8 Å². The Bertz CT molecular complexity index is 911. The fourth-order valence-corrected chi connectivity index (χ4v) is 4.19. The highest BCUT2D eigenvalue weighted by molar-refractivity contribution is 6.09. The second-order valence-corrected chi connectivity index (χ2v) is 7.32. The predicted octanol–water partition coefficient (Wildman–Crippen LogP) is 4.33. The summed E-state index contributed by atoms with van der Waals surface area (Å²) in [5, 5.41) is 5.06. The normalized spacial score (nSPS) is 24.1. The average Bonchev–Trinajstić information content (AvgIpc) is 2.92. The van der Waals surface area contributed by atoms with E-state index in [1.807, 2.05) is 24.3 Å². The second-order valence-electron chi connectivity index (χ2n) is 7.32. The van der Waals surface area contributed by atoms with E-state index in [4.69, 9.17) is 0 Å². The third-order valence-electron chi connectivity index (χ3n) is 5.68. The molecule has 3 nitrogen and oxygen atoms in total. The van der Waals surface area contributed by atoms with Crippen LogP contribution >= 0.6 is 0 Å². The maximum atomic E-state index is 12.3. The number of benzene rings is 2. The Hall–Kier alpha value is -2.68. The van der Waals surface area contributed by atoms with E-state index >= 15 is 0 Å². The number of allylic oxidation sites excluding steroid dienone is 2. The summed E-state index contributed by atoms with van der Waals surface area (Å²) in [4.78, 5) is 24.3. The highest BCUT2D eigenvalue weighted by atomic mass is 16.2. The fourth-order valence-electron chi connectivity index (χ4n) is 4.19. The van der Waals surface area contributed by atoms with Crippen LogP contribution in [0.1, 0.15) is 31.2 Å². The molecule has 0 spiro atoms. The van der Waals surface area contributed by atoms with Crippen molar-refractivity contribution >= 4 is 22.6 Å². The van der Waals surface area contributed by atoms with Crippen LogP contribution in [0.4, 0.5) is 0 Å². The summed E-state index contributed by atoms with van der Waals surface area (Å²) in [7, 11) is 0. The van der Waals surface area contributed by atoms with E-state index in [9.17, 15) is 9.59 Å². The van der Waals surface area contributed by atoms with E-state index in [2.05, 4.69) is 47.8 Å². The molecule has 1 aliphatic carbocycles. The Morgan fingerprint density at radius 3 is 2.65 bits per heavy atom. The zero-order valence-electron chi connectivity index (χ0n) is 14.8. The first kappa shape index (κ1) is 16.8. The van der Waals surface area contributed by atoms with Crippen molar-refractivity contribution in [1.82, 2.24) is 5.32 Å². The molecule has 0 aromatic heterocycles. The molecular weight excluding hydrogens is 322 g/mol. The van der Waals surface area contributed by atoms with Crippen LogP contribution in [0.5, 0.6) is 0 Å². The first-order chi connectivity index (χ1) is 12.7. The van der Waals surface area contributed by atoms with Crippen molar-refractivity contribution in [3.63, 3.8) is 0 Å². The molecule has 1 aliphatic heterocycles. The minimum Gasteiger partial charge on any atom is -0.295 e. The zero-order valence-corrected chi connectivity index (χ0v) is 14.8. The van der Waals surface area contributed by atoms with Gasteiger partial charge in [0.05, 0.1) is 11.3 Å². The lowest BCUT2D eigenvalue weighted by Gasteiger charge is -2.28. The largest absolute Gasteiger partial charge is 0.295 e. The summed E-state index contributed by atoms with van der Waals surface area (Å²) in [5.41, 5.74) is 0.698. The first-order valence-electron chi connectivity index (χ1n) is 9.38. The number of hydrogen-bond acceptors (Lipinski definition) is 2. The van der Waals surface area contributed by atoms with Gasteiger partial charge in [0, 0.05) is 0 Å². The van der Waals surface area contributed by atoms with E-state index in [0.717, 1.165) is 32.1 Å². The van der Waals surface area contributed by atoms with Crippen LogP contribution in [0.15, 0.2) is 66.8 Å². The van der Waals surface area contributed by atoms with Crippen molar-refractivity contribution in [2.45, 2.75) is 32.1 Å². The van der Waals surface area contributed by atoms with E-state index in [1.54, 1.807) is 0 Å². The summed E-state index contributed by atoms with van der Waals surface area (Å²) in [5.74, 6) is -0.630. The van der Waals surface area contributed by atoms with Gasteiger partial charge >= 0.3 is 0 Å². The van der Waals surface area contributed by atoms with Gasteiger partial charge in [-0.05, 0) is 35.6 Å². The predicted molar refractivity (Wildman–Crippen MR) is 103 cm³/mol. The molecule has 1 fully saturated rings. The number of imide groups is 1. The number of hydrogen-bond donors (Lipinski definition) is 1. The first-order valence-corrected chi connectivity index (χ1v) is 9.38. The standard InChI is InChI=1S/C23H23NO2/c25-21-20-11-5-7-15-23(20,22(26)24-21)14-6-1-2-8-17-12-13-18-9-3-4-10-19(18)16-17/h3-5,7,9-13,15-16,20H,1-2,6,8,14H2,(H,24,25,26). The number of aryl methyl sites for hydroxylation is 1. The molecule has 2 aromatic rings. The van der Waals surface area contributed by atoms with E-state index < -0.39 is 5.41 Å². The third kappa shape index (κ3) is 2.98. The number of carbonyl (C=O) groups is 2. The Kier molecular flexibility index (Phi) is 4.46. The van der Waals surface area contributed by atoms with Gasteiger partial charge in [-0.3, -0.25) is 14.9 Å². The number of rotatable bonds is 6. The number of unbranched alkanes of at least 4 members (excludes halogenated alkanes) is 2. The highest BCUT2D eigenvalue weighted by Crippen LogP contribution is 2.42. The average molecular weight is 345 g/mol. The van der Waals surface area contributed by atoms with Gasteiger partial charge in [-0.2, -0.15) is 0 Å². The zero-order chi connectivity index (χ0) is 18.0. The maximum Gasteiger partial charge on any atom is 0.237 e. The van der Waals surface area contributed by atoms with Crippen molar-refractivity contribution in [3.8, 4) is 0 Å². The van der Waals surface area contributed by atoms with E-state index in [-0.39, 0.29) is 17.7 Å². The van der Waals surface area contributed by atoms with E-state index in [1.165, 1.54) is 16.3 Å². The Labute approximate surface area is 153 Å². The summed E-state index contributed by atoms with van der Waals surface area (Å²) in [6.07, 6.45) is 12.4. The number of amides is 2. The van der Waals surface area contributed by atoms with Gasteiger partial charge in [0.2, 0.25) is 11.8 Å². The van der Waals surface area contributed by atoms with Gasteiger partial charge in [-0.15, -0.1) is 0 Å². The molecule has 0 bridgehead atoms. The molecule has 1 saturated heterocycles. The molecule has 2 aliphatic rings. The van der Waals surface area contributed by atoms with Gasteiger partial charge in [0.25, 0.3) is 0 Å². The van der Waals surface area contributed by atoms with E-state index in [0.29, 0.717) is 0 Å². The van der Waals surface area contributed by atoms with Crippen molar-refractivity contribution in [3.05, 3.63) is 72.3 Å². The molecule has 2 atom stereocenters. The molecule has 0 radical (unpaired) electrons. The number of fused-ring (bicyclic) bond motifs is 2. The molecule has 3 heteroatoms. The minimum absolute atomic E-state index is 0.136. The monoisotopic (exact) mass is 345 g/mol. The second kappa shape index (κ2) is 6.91. The topological polar surface area (TPSA) is 46.2 Å². The van der Waals surface area contributed by atoms with Gasteiger partial charge < -0.3 is 0 Å². The van der Waals surface area contributed by atoms with Gasteiger partial charge in [-0.1, -0.05) is 79.6 Å². The van der Waals surface area contributed by atoms with Crippen LogP contribution in [-0.4, -0.2) is 11.8 Å². The molecule has 2 aromatic carbocycles. The molecule has 2 amide bonds. The lowest BCUT2D eigenvalue weighted by atomic mass is 9.71. The Balaban J connectivity index is 1.32. The smallest absolute Gasteiger partial charge is 0.237 e. The fraction of sp³-hybridized carbons (Fsp3) is 0.304. The van der Waals surface area contributed by atoms with Gasteiger partial charge in [0.1, 0.15) is 0 Å². The molecular formula is C23H23NO2. The van der Waals surface area contributed by atoms with Gasteiger partial charge in [-0.25, -0.2) is 0 Å². The van der Waals surface area contributed by atoms with Crippen molar-refractivity contribution in [2.75, 3.05) is 0 Å². The molecule has 1 heterocycles. The Morgan fingerprint density at radius 2 is 1.77 bits per heavy atom. The lowest BCUT2D eigenvalue weighted by molar-refractivity contribution is -0.127. The number of nitrogens with one attached hydrogen (secondary N) is 1. The van der Waals surface area contributed by atoms with Crippen LogP contribution in [0.2, 0.25) is 0 Å². The molecule has 132 valence electrons. The van der Waals surface area contributed by atoms with Gasteiger partial charge in [0.15, 0.2) is 0 Å². The summed E-state index contributed by atoms with van der Waals surface area (Å²) in [6, 6.07) is 15.1. The van der Waals surface area contributed by atoms with Crippen LogP contribution in [0.3, 0.4) is 0 Å². The summed E-state index contributed by atoms with van der Waals surface area (Å²) in [6.45, 7) is 0.